The van der Waals surface area contributed by atoms with Crippen molar-refractivity contribution in [1.29, 1.82) is 0 Å². The molecule has 0 aromatic rings. The smallest absolute Gasteiger partial charge is 0.253 e. The molecule has 0 aromatic carbocycles. The van der Waals surface area contributed by atoms with Gasteiger partial charge in [0, 0.05) is 0 Å². The summed E-state index contributed by atoms with van der Waals surface area (Å²) >= 11 is 8.94. The van der Waals surface area contributed by atoms with Gasteiger partial charge in [0.25, 0.3) is 10.3 Å². The zero-order valence-corrected chi connectivity index (χ0v) is 12.0. The lowest BCUT2D eigenvalue weighted by Gasteiger charge is -2.04. The first-order valence-electron chi connectivity index (χ1n) is 5.10. The highest BCUT2D eigenvalue weighted by atomic mass is 32.1. The zero-order chi connectivity index (χ0) is 13.1. The van der Waals surface area contributed by atoms with Crippen molar-refractivity contribution in [3.63, 3.8) is 0 Å². The molecule has 0 saturated carbocycles. The summed E-state index contributed by atoms with van der Waals surface area (Å²) in [5.41, 5.74) is 10.1. The lowest BCUT2D eigenvalue weighted by molar-refractivity contribution is 0.262. The van der Waals surface area contributed by atoms with Crippen LogP contribution in [0, 0.1) is 11.8 Å². The first-order valence-corrected chi connectivity index (χ1v) is 5.91. The van der Waals surface area contributed by atoms with Gasteiger partial charge in [0.05, 0.1) is 13.2 Å². The Morgan fingerprint density at radius 1 is 0.875 bits per heavy atom. The van der Waals surface area contributed by atoms with Gasteiger partial charge in [0.2, 0.25) is 0 Å². The van der Waals surface area contributed by atoms with Crippen molar-refractivity contribution in [2.45, 2.75) is 27.7 Å². The molecule has 0 atom stereocenters. The van der Waals surface area contributed by atoms with Crippen molar-refractivity contribution in [3.8, 4) is 0 Å². The molecule has 0 fully saturated rings. The summed E-state index contributed by atoms with van der Waals surface area (Å²) < 4.78 is 9.62. The summed E-state index contributed by atoms with van der Waals surface area (Å²) in [5, 5.41) is 0.275. The van der Waals surface area contributed by atoms with Crippen LogP contribution in [0.1, 0.15) is 27.7 Å². The summed E-state index contributed by atoms with van der Waals surface area (Å²) in [7, 11) is 0. The van der Waals surface area contributed by atoms with E-state index < -0.39 is 0 Å². The van der Waals surface area contributed by atoms with E-state index >= 15 is 0 Å². The van der Waals surface area contributed by atoms with Gasteiger partial charge in [-0.05, 0) is 36.3 Å². The highest BCUT2D eigenvalue weighted by Gasteiger charge is 1.93. The van der Waals surface area contributed by atoms with Crippen molar-refractivity contribution < 1.29 is 9.47 Å². The lowest BCUT2D eigenvalue weighted by atomic mass is 10.2. The lowest BCUT2D eigenvalue weighted by Crippen LogP contribution is -2.15. The van der Waals surface area contributed by atoms with Crippen LogP contribution >= 0.6 is 24.4 Å². The SMILES string of the molecule is CC(C)COC(N)=S.CC(C)COC(N)=S. The van der Waals surface area contributed by atoms with Gasteiger partial charge in [-0.15, -0.1) is 0 Å². The highest BCUT2D eigenvalue weighted by Crippen LogP contribution is 1.91. The fourth-order valence-electron chi connectivity index (χ4n) is 0.498. The first-order chi connectivity index (χ1) is 7.25. The van der Waals surface area contributed by atoms with Gasteiger partial charge in [-0.3, -0.25) is 0 Å². The van der Waals surface area contributed by atoms with E-state index in [1.165, 1.54) is 0 Å². The third-order valence-corrected chi connectivity index (χ3v) is 1.35. The van der Waals surface area contributed by atoms with Crippen molar-refractivity contribution in [2.75, 3.05) is 13.2 Å². The molecule has 0 heterocycles. The summed E-state index contributed by atoms with van der Waals surface area (Å²) in [5.74, 6) is 0.994. The molecule has 0 radical (unpaired) electrons. The monoisotopic (exact) mass is 266 g/mol. The molecule has 0 aliphatic rings. The highest BCUT2D eigenvalue weighted by molar-refractivity contribution is 7.80. The van der Waals surface area contributed by atoms with E-state index in [2.05, 4.69) is 24.4 Å². The Labute approximate surface area is 109 Å². The Kier molecular flexibility index (Phi) is 12.1. The van der Waals surface area contributed by atoms with Gasteiger partial charge in [0.1, 0.15) is 0 Å². The van der Waals surface area contributed by atoms with Gasteiger partial charge >= 0.3 is 0 Å². The normalized spacial score (nSPS) is 9.38. The standard InChI is InChI=1S/2C5H11NOS/c2*1-4(2)3-7-5(6)8/h2*4H,3H2,1-2H3,(H2,6,8). The average molecular weight is 266 g/mol. The molecule has 0 unspecified atom stereocenters. The van der Waals surface area contributed by atoms with Crippen molar-refractivity contribution in [1.82, 2.24) is 0 Å². The quantitative estimate of drug-likeness (QED) is 0.756. The first kappa shape index (κ1) is 17.8. The van der Waals surface area contributed by atoms with Crippen LogP contribution in [-0.4, -0.2) is 23.6 Å². The van der Waals surface area contributed by atoms with Crippen LogP contribution in [0.2, 0.25) is 0 Å². The Balaban J connectivity index is 0. The van der Waals surface area contributed by atoms with Crippen LogP contribution in [0.25, 0.3) is 0 Å². The molecular weight excluding hydrogens is 244 g/mol. The predicted octanol–water partition coefficient (Wildman–Crippen LogP) is 1.81. The van der Waals surface area contributed by atoms with E-state index in [9.17, 15) is 0 Å². The van der Waals surface area contributed by atoms with Gasteiger partial charge in [-0.25, -0.2) is 0 Å². The van der Waals surface area contributed by atoms with Crippen molar-refractivity contribution in [2.24, 2.45) is 23.3 Å². The number of hydrogen-bond acceptors (Lipinski definition) is 4. The predicted molar refractivity (Wildman–Crippen MR) is 75.2 cm³/mol. The van der Waals surface area contributed by atoms with Crippen molar-refractivity contribution >= 4 is 34.8 Å². The number of hydrogen-bond donors (Lipinski definition) is 2. The summed E-state index contributed by atoms with van der Waals surface area (Å²) in [6.07, 6.45) is 0. The maximum atomic E-state index is 5.05. The number of rotatable bonds is 4. The molecule has 0 aromatic heterocycles. The van der Waals surface area contributed by atoms with Crippen LogP contribution in [0.15, 0.2) is 0 Å². The molecule has 0 amide bonds. The Morgan fingerprint density at radius 3 is 1.19 bits per heavy atom. The number of nitrogens with two attached hydrogens (primary N) is 2. The topological polar surface area (TPSA) is 70.5 Å². The molecule has 0 spiro atoms. The molecule has 96 valence electrons. The zero-order valence-electron chi connectivity index (χ0n) is 10.4. The Bertz CT molecular complexity index is 187. The number of ether oxygens (including phenoxy) is 2. The summed E-state index contributed by atoms with van der Waals surface area (Å²) in [6.45, 7) is 9.40. The maximum Gasteiger partial charge on any atom is 0.253 e. The van der Waals surface area contributed by atoms with E-state index in [1.807, 2.05) is 27.7 Å². The van der Waals surface area contributed by atoms with Crippen LogP contribution in [0.4, 0.5) is 0 Å². The van der Waals surface area contributed by atoms with Crippen molar-refractivity contribution in [3.05, 3.63) is 0 Å². The fourth-order valence-corrected chi connectivity index (χ4v) is 0.634. The van der Waals surface area contributed by atoms with Gasteiger partial charge in [-0.1, -0.05) is 27.7 Å². The molecule has 0 bridgehead atoms. The van der Waals surface area contributed by atoms with E-state index in [0.29, 0.717) is 25.0 Å². The third kappa shape index (κ3) is 23.3. The molecule has 0 aliphatic heterocycles. The molecular formula is C10H22N2O2S2. The molecule has 4 N–H and O–H groups in total. The molecule has 0 aliphatic carbocycles. The molecule has 0 saturated heterocycles. The second kappa shape index (κ2) is 10.9. The molecule has 16 heavy (non-hydrogen) atoms. The van der Waals surface area contributed by atoms with Crippen LogP contribution in [0.5, 0.6) is 0 Å². The Hall–Kier alpha value is -0.620. The average Bonchev–Trinajstić information content (AvgIpc) is 2.12. The number of thiocarbonyl (C=S) groups is 2. The van der Waals surface area contributed by atoms with E-state index in [1.54, 1.807) is 0 Å². The second-order valence-electron chi connectivity index (χ2n) is 4.05. The van der Waals surface area contributed by atoms with Crippen LogP contribution in [-0.2, 0) is 9.47 Å². The summed E-state index contributed by atoms with van der Waals surface area (Å²) in [4.78, 5) is 0. The van der Waals surface area contributed by atoms with Gasteiger partial charge in [0.15, 0.2) is 0 Å². The van der Waals surface area contributed by atoms with E-state index in [0.717, 1.165) is 0 Å². The molecule has 4 nitrogen and oxygen atoms in total. The van der Waals surface area contributed by atoms with E-state index in [4.69, 9.17) is 20.9 Å². The van der Waals surface area contributed by atoms with E-state index in [-0.39, 0.29) is 10.3 Å². The summed E-state index contributed by atoms with van der Waals surface area (Å²) in [6, 6.07) is 0. The fraction of sp³-hybridized carbons (Fsp3) is 0.800. The van der Waals surface area contributed by atoms with Gasteiger partial charge in [-0.2, -0.15) is 0 Å². The third-order valence-electron chi connectivity index (χ3n) is 1.12. The minimum atomic E-state index is 0.138. The minimum absolute atomic E-state index is 0.138. The van der Waals surface area contributed by atoms with Crippen LogP contribution in [0.3, 0.4) is 0 Å². The second-order valence-corrected chi connectivity index (χ2v) is 4.85. The largest absolute Gasteiger partial charge is 0.471 e. The Morgan fingerprint density at radius 2 is 1.12 bits per heavy atom. The molecule has 0 rings (SSSR count). The maximum absolute atomic E-state index is 5.05. The minimum Gasteiger partial charge on any atom is -0.471 e. The van der Waals surface area contributed by atoms with Crippen LogP contribution < -0.4 is 11.5 Å². The van der Waals surface area contributed by atoms with Gasteiger partial charge < -0.3 is 20.9 Å². The molecule has 6 heteroatoms.